The average molecular weight is 889 g/mol. The van der Waals surface area contributed by atoms with E-state index in [2.05, 4.69) is 50.4 Å². The van der Waals surface area contributed by atoms with Crippen LogP contribution in [0.25, 0.3) is 0 Å². The van der Waals surface area contributed by atoms with Crippen molar-refractivity contribution in [3.8, 4) is 0 Å². The highest BCUT2D eigenvalue weighted by Gasteiger charge is 2.24. The van der Waals surface area contributed by atoms with Gasteiger partial charge in [-0.05, 0) is 77.0 Å². The van der Waals surface area contributed by atoms with Crippen LogP contribution in [0.3, 0.4) is 0 Å². The first-order valence-corrected chi connectivity index (χ1v) is 28.1. The molecule has 0 rings (SSSR count). The number of amides is 1. The van der Waals surface area contributed by atoms with Crippen molar-refractivity contribution >= 4 is 11.9 Å². The van der Waals surface area contributed by atoms with Gasteiger partial charge < -0.3 is 20.3 Å². The first kappa shape index (κ1) is 61.3. The molecule has 0 bridgehead atoms. The molecule has 6 nitrogen and oxygen atoms in total. The number of aliphatic hydroxyl groups is 2. The summed E-state index contributed by atoms with van der Waals surface area (Å²) in [6.07, 6.45) is 59.5. The van der Waals surface area contributed by atoms with Gasteiger partial charge in [-0.1, -0.05) is 238 Å². The van der Waals surface area contributed by atoms with Gasteiger partial charge in [-0.3, -0.25) is 9.59 Å². The third kappa shape index (κ3) is 46.7. The monoisotopic (exact) mass is 888 g/mol. The maximum Gasteiger partial charge on any atom is 0.306 e. The highest BCUT2D eigenvalue weighted by atomic mass is 16.5. The minimum atomic E-state index is -0.789. The Labute approximate surface area is 392 Å². The normalized spacial score (nSPS) is 13.3. The summed E-state index contributed by atoms with van der Waals surface area (Å²) in [4.78, 5) is 26.2. The van der Waals surface area contributed by atoms with Crippen LogP contribution in [0.1, 0.15) is 303 Å². The van der Waals surface area contributed by atoms with Crippen LogP contribution >= 0.6 is 0 Å². The number of ether oxygens (including phenoxy) is 1. The molecule has 0 saturated carbocycles. The molecule has 1 amide bonds. The smallest absolute Gasteiger partial charge is 0.306 e. The van der Waals surface area contributed by atoms with Crippen molar-refractivity contribution in [2.45, 2.75) is 322 Å². The lowest BCUT2D eigenvalue weighted by molar-refractivity contribution is -0.151. The Hall–Kier alpha value is -1.66. The SMILES string of the molecule is CCCCCCCCC/C=C/CCCCCCCC(=O)OC(CCCCC/C=C/CCCCCCCCCCC)CC(=O)NC(CO)C(O)CCCCCCCCCCCCCC. The Morgan fingerprint density at radius 2 is 0.762 bits per heavy atom. The Morgan fingerprint density at radius 1 is 0.444 bits per heavy atom. The molecular formula is C57H109NO5. The van der Waals surface area contributed by atoms with E-state index in [4.69, 9.17) is 4.74 Å². The molecule has 0 aromatic rings. The van der Waals surface area contributed by atoms with Crippen LogP contribution in [0, 0.1) is 0 Å². The molecule has 6 heteroatoms. The largest absolute Gasteiger partial charge is 0.462 e. The molecule has 0 aromatic carbocycles. The molecule has 0 aromatic heterocycles. The zero-order valence-electron chi connectivity index (χ0n) is 42.5. The molecule has 63 heavy (non-hydrogen) atoms. The first-order valence-electron chi connectivity index (χ1n) is 28.1. The molecule has 0 heterocycles. The number of allylic oxidation sites excluding steroid dienone is 4. The molecule has 3 N–H and O–H groups in total. The van der Waals surface area contributed by atoms with E-state index in [0.717, 1.165) is 64.2 Å². The summed E-state index contributed by atoms with van der Waals surface area (Å²) < 4.78 is 5.95. The fraction of sp³-hybridized carbons (Fsp3) is 0.895. The summed E-state index contributed by atoms with van der Waals surface area (Å²) in [5.74, 6) is -0.484. The second-order valence-corrected chi connectivity index (χ2v) is 19.3. The molecule has 3 unspecified atom stereocenters. The van der Waals surface area contributed by atoms with Gasteiger partial charge in [-0.25, -0.2) is 0 Å². The Balaban J connectivity index is 4.58. The minimum absolute atomic E-state index is 0.0681. The number of nitrogens with one attached hydrogen (secondary N) is 1. The van der Waals surface area contributed by atoms with E-state index in [9.17, 15) is 19.8 Å². The van der Waals surface area contributed by atoms with Crippen molar-refractivity contribution in [1.29, 1.82) is 0 Å². The van der Waals surface area contributed by atoms with Gasteiger partial charge >= 0.3 is 5.97 Å². The van der Waals surface area contributed by atoms with Crippen LogP contribution in [-0.4, -0.2) is 46.9 Å². The number of unbranched alkanes of at least 4 members (excludes halogenated alkanes) is 35. The number of esters is 1. The predicted octanol–water partition coefficient (Wildman–Crippen LogP) is 17.1. The second kappa shape index (κ2) is 51.3. The summed E-state index contributed by atoms with van der Waals surface area (Å²) in [5, 5.41) is 23.8. The summed E-state index contributed by atoms with van der Waals surface area (Å²) in [5.41, 5.74) is 0. The highest BCUT2D eigenvalue weighted by Crippen LogP contribution is 2.18. The van der Waals surface area contributed by atoms with Crippen molar-refractivity contribution in [2.75, 3.05) is 6.61 Å². The highest BCUT2D eigenvalue weighted by molar-refractivity contribution is 5.77. The van der Waals surface area contributed by atoms with Gasteiger partial charge in [0.25, 0.3) is 0 Å². The lowest BCUT2D eigenvalue weighted by Gasteiger charge is -2.24. The average Bonchev–Trinajstić information content (AvgIpc) is 3.28. The van der Waals surface area contributed by atoms with Gasteiger partial charge in [-0.15, -0.1) is 0 Å². The number of aliphatic hydroxyl groups excluding tert-OH is 2. The molecule has 0 aliphatic rings. The van der Waals surface area contributed by atoms with Gasteiger partial charge in [0, 0.05) is 6.42 Å². The van der Waals surface area contributed by atoms with Crippen LogP contribution < -0.4 is 5.32 Å². The van der Waals surface area contributed by atoms with Crippen LogP contribution in [0.2, 0.25) is 0 Å². The van der Waals surface area contributed by atoms with Gasteiger partial charge in [0.05, 0.1) is 25.2 Å². The fourth-order valence-electron chi connectivity index (χ4n) is 8.72. The van der Waals surface area contributed by atoms with Gasteiger partial charge in [0.2, 0.25) is 5.91 Å². The molecule has 3 atom stereocenters. The molecule has 372 valence electrons. The lowest BCUT2D eigenvalue weighted by atomic mass is 10.0. The van der Waals surface area contributed by atoms with E-state index in [-0.39, 0.29) is 24.9 Å². The van der Waals surface area contributed by atoms with E-state index < -0.39 is 18.2 Å². The fourth-order valence-corrected chi connectivity index (χ4v) is 8.72. The summed E-state index contributed by atoms with van der Waals surface area (Å²) in [7, 11) is 0. The van der Waals surface area contributed by atoms with Gasteiger partial charge in [0.15, 0.2) is 0 Å². The standard InChI is InChI=1S/C57H109NO5/c1-4-7-10-13-16-19-22-25-27-29-31-33-36-39-42-45-48-53(63-57(62)50-47-44-41-38-35-32-30-28-26-23-20-17-14-11-8-5-2)51-56(61)58-54(52-59)55(60)49-46-43-40-37-34-24-21-18-15-12-9-6-3/h28,30-31,33,53-55,59-60H,4-27,29,32,34-52H2,1-3H3,(H,58,61)/b30-28+,33-31+. The molecule has 0 fully saturated rings. The number of carbonyl (C=O) groups excluding carboxylic acids is 2. The zero-order valence-corrected chi connectivity index (χ0v) is 42.5. The van der Waals surface area contributed by atoms with Crippen molar-refractivity contribution < 1.29 is 24.5 Å². The predicted molar refractivity (Wildman–Crippen MR) is 273 cm³/mol. The first-order chi connectivity index (χ1) is 31.0. The number of hydrogen-bond donors (Lipinski definition) is 3. The van der Waals surface area contributed by atoms with Crippen LogP contribution in [-0.2, 0) is 14.3 Å². The third-order valence-corrected chi connectivity index (χ3v) is 13.0. The summed E-state index contributed by atoms with van der Waals surface area (Å²) in [6.45, 7) is 6.50. The van der Waals surface area contributed by atoms with E-state index >= 15 is 0 Å². The number of hydrogen-bond acceptors (Lipinski definition) is 5. The van der Waals surface area contributed by atoms with Gasteiger partial charge in [0.1, 0.15) is 6.10 Å². The maximum absolute atomic E-state index is 13.2. The number of carbonyl (C=O) groups is 2. The third-order valence-electron chi connectivity index (χ3n) is 13.0. The second-order valence-electron chi connectivity index (χ2n) is 19.3. The Kier molecular flexibility index (Phi) is 50.0. The number of rotatable bonds is 51. The van der Waals surface area contributed by atoms with E-state index in [0.29, 0.717) is 19.3 Å². The zero-order chi connectivity index (χ0) is 45.9. The Morgan fingerprint density at radius 3 is 1.14 bits per heavy atom. The quantitative estimate of drug-likeness (QED) is 0.0321. The molecular weight excluding hydrogens is 779 g/mol. The molecule has 0 aliphatic heterocycles. The minimum Gasteiger partial charge on any atom is -0.462 e. The van der Waals surface area contributed by atoms with Crippen molar-refractivity contribution in [3.63, 3.8) is 0 Å². The van der Waals surface area contributed by atoms with Crippen molar-refractivity contribution in [2.24, 2.45) is 0 Å². The van der Waals surface area contributed by atoms with Crippen molar-refractivity contribution in [1.82, 2.24) is 5.32 Å². The van der Waals surface area contributed by atoms with Crippen molar-refractivity contribution in [3.05, 3.63) is 24.3 Å². The van der Waals surface area contributed by atoms with E-state index in [1.165, 1.54) is 193 Å². The van der Waals surface area contributed by atoms with Gasteiger partial charge in [-0.2, -0.15) is 0 Å². The topological polar surface area (TPSA) is 95.9 Å². The molecule has 0 aliphatic carbocycles. The molecule has 0 saturated heterocycles. The molecule has 0 spiro atoms. The Bertz CT molecular complexity index is 997. The maximum atomic E-state index is 13.2. The van der Waals surface area contributed by atoms with Crippen LogP contribution in [0.4, 0.5) is 0 Å². The van der Waals surface area contributed by atoms with Crippen LogP contribution in [0.15, 0.2) is 24.3 Å². The summed E-state index contributed by atoms with van der Waals surface area (Å²) >= 11 is 0. The van der Waals surface area contributed by atoms with Crippen LogP contribution in [0.5, 0.6) is 0 Å². The van der Waals surface area contributed by atoms with E-state index in [1.54, 1.807) is 0 Å². The van der Waals surface area contributed by atoms with E-state index in [1.807, 2.05) is 0 Å². The molecule has 0 radical (unpaired) electrons. The lowest BCUT2D eigenvalue weighted by Crippen LogP contribution is -2.46. The summed E-state index contributed by atoms with van der Waals surface area (Å²) in [6, 6.07) is -0.704.